The standard InChI is InChI=1S/C13H14N4O/c1-10(18)17-12-5-3-11(4-6-12)16-9-13-14-7-2-8-15-13/h2-8,16H,9H2,1H3,(H,17,18). The zero-order valence-corrected chi connectivity index (χ0v) is 10.1. The number of hydrogen-bond donors (Lipinski definition) is 2. The maximum Gasteiger partial charge on any atom is 0.221 e. The van der Waals surface area contributed by atoms with Crippen LogP contribution < -0.4 is 10.6 Å². The lowest BCUT2D eigenvalue weighted by molar-refractivity contribution is -0.114. The van der Waals surface area contributed by atoms with Gasteiger partial charge in [-0.25, -0.2) is 9.97 Å². The third kappa shape index (κ3) is 3.55. The highest BCUT2D eigenvalue weighted by molar-refractivity contribution is 5.88. The third-order valence-corrected chi connectivity index (χ3v) is 2.28. The SMILES string of the molecule is CC(=O)Nc1ccc(NCc2ncccn2)cc1. The molecule has 0 bridgehead atoms. The number of aromatic nitrogens is 2. The van der Waals surface area contributed by atoms with Crippen molar-refractivity contribution in [2.45, 2.75) is 13.5 Å². The van der Waals surface area contributed by atoms with Crippen LogP contribution >= 0.6 is 0 Å². The highest BCUT2D eigenvalue weighted by atomic mass is 16.1. The molecule has 1 aromatic carbocycles. The molecule has 1 aromatic heterocycles. The maximum absolute atomic E-state index is 10.9. The zero-order chi connectivity index (χ0) is 12.8. The molecule has 92 valence electrons. The first kappa shape index (κ1) is 12.0. The second-order valence-electron chi connectivity index (χ2n) is 3.78. The Hall–Kier alpha value is -2.43. The molecule has 0 fully saturated rings. The van der Waals surface area contributed by atoms with Crippen LogP contribution in [0, 0.1) is 0 Å². The highest BCUT2D eigenvalue weighted by Crippen LogP contribution is 2.13. The summed E-state index contributed by atoms with van der Waals surface area (Å²) >= 11 is 0. The number of rotatable bonds is 4. The lowest BCUT2D eigenvalue weighted by Gasteiger charge is -2.06. The van der Waals surface area contributed by atoms with Crippen LogP contribution in [-0.4, -0.2) is 15.9 Å². The van der Waals surface area contributed by atoms with Gasteiger partial charge in [-0.2, -0.15) is 0 Å². The van der Waals surface area contributed by atoms with E-state index < -0.39 is 0 Å². The summed E-state index contributed by atoms with van der Waals surface area (Å²) in [4.78, 5) is 19.1. The normalized spacial score (nSPS) is 9.83. The molecule has 2 N–H and O–H groups in total. The van der Waals surface area contributed by atoms with Crippen molar-refractivity contribution in [3.63, 3.8) is 0 Å². The quantitative estimate of drug-likeness (QED) is 0.861. The van der Waals surface area contributed by atoms with Crippen LogP contribution in [0.25, 0.3) is 0 Å². The second-order valence-corrected chi connectivity index (χ2v) is 3.78. The lowest BCUT2D eigenvalue weighted by atomic mass is 10.2. The Bertz CT molecular complexity index is 510. The Labute approximate surface area is 105 Å². The average molecular weight is 242 g/mol. The van der Waals surface area contributed by atoms with Gasteiger partial charge in [0.1, 0.15) is 5.82 Å². The first-order chi connectivity index (χ1) is 8.74. The molecule has 0 aliphatic heterocycles. The number of nitrogens with zero attached hydrogens (tertiary/aromatic N) is 2. The van der Waals surface area contributed by atoms with Crippen LogP contribution in [0.2, 0.25) is 0 Å². The van der Waals surface area contributed by atoms with Crippen molar-refractivity contribution in [1.29, 1.82) is 0 Å². The number of amides is 1. The predicted molar refractivity (Wildman–Crippen MR) is 70.1 cm³/mol. The molecule has 0 aliphatic carbocycles. The van der Waals surface area contributed by atoms with Crippen LogP contribution in [0.3, 0.4) is 0 Å². The van der Waals surface area contributed by atoms with E-state index in [9.17, 15) is 4.79 Å². The van der Waals surface area contributed by atoms with Crippen molar-refractivity contribution < 1.29 is 4.79 Å². The van der Waals surface area contributed by atoms with E-state index in [1.54, 1.807) is 18.5 Å². The molecule has 18 heavy (non-hydrogen) atoms. The van der Waals surface area contributed by atoms with E-state index in [0.717, 1.165) is 17.2 Å². The first-order valence-corrected chi connectivity index (χ1v) is 5.61. The Balaban J connectivity index is 1.92. The summed E-state index contributed by atoms with van der Waals surface area (Å²) in [6.45, 7) is 2.05. The number of hydrogen-bond acceptors (Lipinski definition) is 4. The van der Waals surface area contributed by atoms with Gasteiger partial charge in [-0.15, -0.1) is 0 Å². The molecule has 1 heterocycles. The lowest BCUT2D eigenvalue weighted by Crippen LogP contribution is -2.06. The van der Waals surface area contributed by atoms with Gasteiger partial charge in [0.15, 0.2) is 0 Å². The van der Waals surface area contributed by atoms with Gasteiger partial charge in [0.2, 0.25) is 5.91 Å². The molecular weight excluding hydrogens is 228 g/mol. The Morgan fingerprint density at radius 2 is 1.72 bits per heavy atom. The van der Waals surface area contributed by atoms with Crippen LogP contribution in [0.1, 0.15) is 12.7 Å². The van der Waals surface area contributed by atoms with Gasteiger partial charge in [0.25, 0.3) is 0 Å². The summed E-state index contributed by atoms with van der Waals surface area (Å²) in [7, 11) is 0. The Kier molecular flexibility index (Phi) is 3.86. The van der Waals surface area contributed by atoms with Gasteiger partial charge in [-0.05, 0) is 30.3 Å². The van der Waals surface area contributed by atoms with Gasteiger partial charge in [-0.1, -0.05) is 0 Å². The molecule has 0 radical (unpaired) electrons. The highest BCUT2D eigenvalue weighted by Gasteiger charge is 1.97. The van der Waals surface area contributed by atoms with E-state index in [0.29, 0.717) is 6.54 Å². The van der Waals surface area contributed by atoms with Crippen molar-refractivity contribution in [3.8, 4) is 0 Å². The van der Waals surface area contributed by atoms with Crippen LogP contribution in [0.15, 0.2) is 42.7 Å². The third-order valence-electron chi connectivity index (χ3n) is 2.28. The molecule has 0 saturated heterocycles. The summed E-state index contributed by atoms with van der Waals surface area (Å²) in [5.41, 5.74) is 1.74. The van der Waals surface area contributed by atoms with E-state index in [1.165, 1.54) is 6.92 Å². The van der Waals surface area contributed by atoms with Crippen molar-refractivity contribution in [1.82, 2.24) is 9.97 Å². The van der Waals surface area contributed by atoms with Gasteiger partial charge < -0.3 is 10.6 Å². The Morgan fingerprint density at radius 1 is 1.11 bits per heavy atom. The first-order valence-electron chi connectivity index (χ1n) is 5.61. The average Bonchev–Trinajstić information content (AvgIpc) is 2.38. The minimum absolute atomic E-state index is 0.0756. The number of carbonyl (C=O) groups excluding carboxylic acids is 1. The molecule has 2 rings (SSSR count). The summed E-state index contributed by atoms with van der Waals surface area (Å²) in [5.74, 6) is 0.664. The van der Waals surface area contributed by atoms with E-state index in [1.807, 2.05) is 24.3 Å². The number of carbonyl (C=O) groups is 1. The molecule has 0 aliphatic rings. The van der Waals surface area contributed by atoms with Gasteiger partial charge in [0.05, 0.1) is 6.54 Å². The summed E-state index contributed by atoms with van der Waals surface area (Å²) < 4.78 is 0. The minimum Gasteiger partial charge on any atom is -0.378 e. The van der Waals surface area contributed by atoms with Crippen LogP contribution in [0.4, 0.5) is 11.4 Å². The molecule has 2 aromatic rings. The summed E-state index contributed by atoms with van der Waals surface area (Å²) in [6.07, 6.45) is 3.42. The van der Waals surface area contributed by atoms with E-state index >= 15 is 0 Å². The molecule has 0 spiro atoms. The van der Waals surface area contributed by atoms with E-state index in [4.69, 9.17) is 0 Å². The van der Waals surface area contributed by atoms with Crippen molar-refractivity contribution in [2.75, 3.05) is 10.6 Å². The second kappa shape index (κ2) is 5.77. The van der Waals surface area contributed by atoms with Crippen LogP contribution in [0.5, 0.6) is 0 Å². The fourth-order valence-corrected chi connectivity index (χ4v) is 1.48. The van der Waals surface area contributed by atoms with Crippen LogP contribution in [-0.2, 0) is 11.3 Å². The molecule has 0 unspecified atom stereocenters. The molecule has 5 heteroatoms. The number of anilines is 2. The van der Waals surface area contributed by atoms with Gasteiger partial charge in [0, 0.05) is 30.7 Å². The predicted octanol–water partition coefficient (Wildman–Crippen LogP) is 2.05. The molecule has 5 nitrogen and oxygen atoms in total. The van der Waals surface area contributed by atoms with E-state index in [-0.39, 0.29) is 5.91 Å². The molecular formula is C13H14N4O. The van der Waals surface area contributed by atoms with Gasteiger partial charge in [-0.3, -0.25) is 4.79 Å². The fraction of sp³-hybridized carbons (Fsp3) is 0.154. The molecule has 0 atom stereocenters. The number of nitrogens with one attached hydrogen (secondary N) is 2. The molecule has 1 amide bonds. The Morgan fingerprint density at radius 3 is 2.33 bits per heavy atom. The summed E-state index contributed by atoms with van der Waals surface area (Å²) in [5, 5.41) is 5.92. The van der Waals surface area contributed by atoms with Crippen molar-refractivity contribution in [3.05, 3.63) is 48.5 Å². The largest absolute Gasteiger partial charge is 0.378 e. The van der Waals surface area contributed by atoms with Crippen molar-refractivity contribution in [2.24, 2.45) is 0 Å². The number of benzene rings is 1. The molecule has 0 saturated carbocycles. The fourth-order valence-electron chi connectivity index (χ4n) is 1.48. The topological polar surface area (TPSA) is 66.9 Å². The zero-order valence-electron chi connectivity index (χ0n) is 10.1. The summed E-state index contributed by atoms with van der Waals surface area (Å²) in [6, 6.07) is 9.26. The minimum atomic E-state index is -0.0756. The van der Waals surface area contributed by atoms with Crippen molar-refractivity contribution >= 4 is 17.3 Å². The van der Waals surface area contributed by atoms with Gasteiger partial charge >= 0.3 is 0 Å². The maximum atomic E-state index is 10.9. The smallest absolute Gasteiger partial charge is 0.221 e. The monoisotopic (exact) mass is 242 g/mol. The van der Waals surface area contributed by atoms with E-state index in [2.05, 4.69) is 20.6 Å².